The van der Waals surface area contributed by atoms with Gasteiger partial charge in [-0.25, -0.2) is 13.8 Å². The van der Waals surface area contributed by atoms with E-state index in [0.717, 1.165) is 9.87 Å². The highest BCUT2D eigenvalue weighted by Gasteiger charge is 2.31. The standard InChI is InChI=1S/C26H29N3O7S/c1-18(19-9-7-6-8-10-19)27-28-26(30)17-29(22-15-20(33-2)11-13-23(22)34-3)37(31,32)21-12-14-24(35-4)25(16-21)36-5/h6-16H,17H2,1-5H3,(H,28,30)/b27-18-. The van der Waals surface area contributed by atoms with Crippen LogP contribution in [0.25, 0.3) is 0 Å². The average molecular weight is 528 g/mol. The second kappa shape index (κ2) is 12.1. The number of hydrazone groups is 1. The van der Waals surface area contributed by atoms with Crippen molar-refractivity contribution in [1.82, 2.24) is 5.43 Å². The van der Waals surface area contributed by atoms with E-state index in [9.17, 15) is 13.2 Å². The van der Waals surface area contributed by atoms with E-state index in [1.807, 2.05) is 30.3 Å². The van der Waals surface area contributed by atoms with Crippen LogP contribution in [0.2, 0.25) is 0 Å². The summed E-state index contributed by atoms with van der Waals surface area (Å²) in [5.41, 5.74) is 3.91. The van der Waals surface area contributed by atoms with Crippen molar-refractivity contribution in [2.24, 2.45) is 5.10 Å². The van der Waals surface area contributed by atoms with Gasteiger partial charge in [0.25, 0.3) is 15.9 Å². The van der Waals surface area contributed by atoms with Crippen LogP contribution in [-0.2, 0) is 14.8 Å². The number of anilines is 1. The van der Waals surface area contributed by atoms with Crippen LogP contribution >= 0.6 is 0 Å². The number of carbonyl (C=O) groups is 1. The molecule has 0 saturated carbocycles. The number of benzene rings is 3. The molecule has 3 aromatic carbocycles. The Kier molecular flexibility index (Phi) is 8.96. The van der Waals surface area contributed by atoms with Crippen LogP contribution in [-0.4, -0.2) is 55.0 Å². The molecule has 11 heteroatoms. The highest BCUT2D eigenvalue weighted by Crippen LogP contribution is 2.37. The molecule has 0 aliphatic carbocycles. The monoisotopic (exact) mass is 527 g/mol. The topological polar surface area (TPSA) is 116 Å². The number of carbonyl (C=O) groups excluding carboxylic acids is 1. The van der Waals surface area contributed by atoms with E-state index in [0.29, 0.717) is 17.2 Å². The molecule has 0 heterocycles. The van der Waals surface area contributed by atoms with Gasteiger partial charge in [0.2, 0.25) is 0 Å². The third-order valence-corrected chi connectivity index (χ3v) is 7.18. The summed E-state index contributed by atoms with van der Waals surface area (Å²) >= 11 is 0. The lowest BCUT2D eigenvalue weighted by Gasteiger charge is -2.26. The molecule has 0 aromatic heterocycles. The Morgan fingerprint density at radius 3 is 2.11 bits per heavy atom. The quantitative estimate of drug-likeness (QED) is 0.300. The van der Waals surface area contributed by atoms with Gasteiger partial charge in [0, 0.05) is 12.1 Å². The normalized spacial score (nSPS) is 11.4. The summed E-state index contributed by atoms with van der Waals surface area (Å²) in [6, 6.07) is 18.1. The molecule has 196 valence electrons. The molecular formula is C26H29N3O7S. The van der Waals surface area contributed by atoms with Crippen molar-refractivity contribution in [2.75, 3.05) is 39.3 Å². The van der Waals surface area contributed by atoms with E-state index in [2.05, 4.69) is 10.5 Å². The van der Waals surface area contributed by atoms with Crippen molar-refractivity contribution < 1.29 is 32.2 Å². The highest BCUT2D eigenvalue weighted by atomic mass is 32.2. The fraction of sp³-hybridized carbons (Fsp3) is 0.231. The Morgan fingerprint density at radius 2 is 1.49 bits per heavy atom. The molecule has 3 rings (SSSR count). The lowest BCUT2D eigenvalue weighted by atomic mass is 10.1. The lowest BCUT2D eigenvalue weighted by Crippen LogP contribution is -2.40. The van der Waals surface area contributed by atoms with Crippen LogP contribution in [0.15, 0.2) is 76.7 Å². The SMILES string of the molecule is COc1ccc(OC)c(N(CC(=O)N/N=C(/C)c2ccccc2)S(=O)(=O)c2ccc(OC)c(OC)c2)c1. The van der Waals surface area contributed by atoms with Gasteiger partial charge in [0.05, 0.1) is 44.7 Å². The van der Waals surface area contributed by atoms with Crippen LogP contribution in [0.5, 0.6) is 23.0 Å². The predicted octanol–water partition coefficient (Wildman–Crippen LogP) is 3.46. The summed E-state index contributed by atoms with van der Waals surface area (Å²) in [5.74, 6) is 0.511. The Balaban J connectivity index is 2.04. The van der Waals surface area contributed by atoms with Gasteiger partial charge < -0.3 is 18.9 Å². The van der Waals surface area contributed by atoms with E-state index in [1.165, 1.54) is 52.7 Å². The van der Waals surface area contributed by atoms with Crippen LogP contribution in [0.1, 0.15) is 12.5 Å². The zero-order valence-electron chi connectivity index (χ0n) is 21.2. The van der Waals surface area contributed by atoms with Crippen molar-refractivity contribution in [3.8, 4) is 23.0 Å². The lowest BCUT2D eigenvalue weighted by molar-refractivity contribution is -0.119. The molecule has 0 saturated heterocycles. The second-order valence-electron chi connectivity index (χ2n) is 7.66. The average Bonchev–Trinajstić information content (AvgIpc) is 2.94. The Bertz CT molecular complexity index is 1380. The number of nitrogens with zero attached hydrogens (tertiary/aromatic N) is 2. The number of ether oxygens (including phenoxy) is 4. The van der Waals surface area contributed by atoms with Gasteiger partial charge in [0.1, 0.15) is 18.0 Å². The third-order valence-electron chi connectivity index (χ3n) is 5.42. The molecule has 0 spiro atoms. The minimum Gasteiger partial charge on any atom is -0.497 e. The van der Waals surface area contributed by atoms with E-state index in [4.69, 9.17) is 18.9 Å². The second-order valence-corrected chi connectivity index (χ2v) is 9.53. The maximum Gasteiger partial charge on any atom is 0.265 e. The molecule has 1 N–H and O–H groups in total. The molecule has 3 aromatic rings. The molecular weight excluding hydrogens is 498 g/mol. The van der Waals surface area contributed by atoms with Crippen molar-refractivity contribution >= 4 is 27.3 Å². The molecule has 1 amide bonds. The zero-order valence-corrected chi connectivity index (χ0v) is 22.0. The first kappa shape index (κ1) is 27.3. The van der Waals surface area contributed by atoms with E-state index in [-0.39, 0.29) is 22.1 Å². The van der Waals surface area contributed by atoms with Gasteiger partial charge in [0.15, 0.2) is 11.5 Å². The Hall–Kier alpha value is -4.25. The number of methoxy groups -OCH3 is 4. The summed E-state index contributed by atoms with van der Waals surface area (Å²) in [6.07, 6.45) is 0. The molecule has 37 heavy (non-hydrogen) atoms. The number of hydrogen-bond donors (Lipinski definition) is 1. The van der Waals surface area contributed by atoms with Crippen molar-refractivity contribution in [3.05, 3.63) is 72.3 Å². The molecule has 0 radical (unpaired) electrons. The Labute approximate surface area is 216 Å². The molecule has 0 unspecified atom stereocenters. The fourth-order valence-electron chi connectivity index (χ4n) is 3.45. The van der Waals surface area contributed by atoms with Crippen molar-refractivity contribution in [1.29, 1.82) is 0 Å². The summed E-state index contributed by atoms with van der Waals surface area (Å²) < 4.78 is 49.9. The van der Waals surface area contributed by atoms with E-state index in [1.54, 1.807) is 19.1 Å². The summed E-state index contributed by atoms with van der Waals surface area (Å²) in [5, 5.41) is 4.13. The van der Waals surface area contributed by atoms with E-state index >= 15 is 0 Å². The van der Waals surface area contributed by atoms with Crippen molar-refractivity contribution in [2.45, 2.75) is 11.8 Å². The molecule has 0 atom stereocenters. The molecule has 10 nitrogen and oxygen atoms in total. The molecule has 0 bridgehead atoms. The first-order valence-electron chi connectivity index (χ1n) is 11.1. The Morgan fingerprint density at radius 1 is 0.838 bits per heavy atom. The minimum absolute atomic E-state index is 0.107. The first-order valence-corrected chi connectivity index (χ1v) is 12.5. The first-order chi connectivity index (χ1) is 17.7. The summed E-state index contributed by atoms with van der Waals surface area (Å²) in [4.78, 5) is 12.9. The number of rotatable bonds is 11. The molecule has 0 aliphatic heterocycles. The summed E-state index contributed by atoms with van der Waals surface area (Å²) in [6.45, 7) is 1.14. The molecule has 0 fully saturated rings. The van der Waals surface area contributed by atoms with Crippen LogP contribution in [0.3, 0.4) is 0 Å². The van der Waals surface area contributed by atoms with Crippen LogP contribution < -0.4 is 28.7 Å². The highest BCUT2D eigenvalue weighted by molar-refractivity contribution is 7.92. The van der Waals surface area contributed by atoms with Crippen LogP contribution in [0.4, 0.5) is 5.69 Å². The minimum atomic E-state index is -4.30. The number of amides is 1. The van der Waals surface area contributed by atoms with Gasteiger partial charge in [-0.2, -0.15) is 5.10 Å². The van der Waals surface area contributed by atoms with Gasteiger partial charge in [-0.3, -0.25) is 9.10 Å². The van der Waals surface area contributed by atoms with Gasteiger partial charge >= 0.3 is 0 Å². The maximum absolute atomic E-state index is 13.9. The molecule has 0 aliphatic rings. The summed E-state index contributed by atoms with van der Waals surface area (Å²) in [7, 11) is 1.40. The third kappa shape index (κ3) is 6.31. The maximum atomic E-state index is 13.9. The predicted molar refractivity (Wildman–Crippen MR) is 140 cm³/mol. The number of hydrogen-bond acceptors (Lipinski definition) is 8. The van der Waals surface area contributed by atoms with Gasteiger partial charge in [-0.05, 0) is 36.8 Å². The smallest absolute Gasteiger partial charge is 0.265 e. The largest absolute Gasteiger partial charge is 0.497 e. The number of nitrogens with one attached hydrogen (secondary N) is 1. The zero-order chi connectivity index (χ0) is 27.0. The van der Waals surface area contributed by atoms with Crippen molar-refractivity contribution in [3.63, 3.8) is 0 Å². The fourth-order valence-corrected chi connectivity index (χ4v) is 4.89. The van der Waals surface area contributed by atoms with Gasteiger partial charge in [-0.1, -0.05) is 30.3 Å². The van der Waals surface area contributed by atoms with Gasteiger partial charge in [-0.15, -0.1) is 0 Å². The van der Waals surface area contributed by atoms with Crippen LogP contribution in [0, 0.1) is 0 Å². The number of sulfonamides is 1. The van der Waals surface area contributed by atoms with E-state index < -0.39 is 22.5 Å².